The molecule has 23 heavy (non-hydrogen) atoms. The number of ether oxygens (including phenoxy) is 1. The van der Waals surface area contributed by atoms with Crippen LogP contribution >= 0.6 is 0 Å². The lowest BCUT2D eigenvalue weighted by Gasteiger charge is -2.35. The van der Waals surface area contributed by atoms with Crippen molar-refractivity contribution in [2.75, 3.05) is 20.3 Å². The fourth-order valence-electron chi connectivity index (χ4n) is 3.04. The first kappa shape index (κ1) is 20.1. The molecule has 1 aromatic rings. The molecule has 0 saturated carbocycles. The zero-order chi connectivity index (χ0) is 17.3. The van der Waals surface area contributed by atoms with Crippen molar-refractivity contribution in [2.45, 2.75) is 50.9 Å². The Kier molecular flexibility index (Phi) is 8.77. The molecule has 0 unspecified atom stereocenters. The van der Waals surface area contributed by atoms with Crippen LogP contribution in [0.1, 0.15) is 26.2 Å². The SMILES string of the molecule is COC[C@H](O)[C@@H](/C=C(\C)CCCCO)[Si](C)(C)c1ccccc1. The van der Waals surface area contributed by atoms with Gasteiger partial charge in [-0.05, 0) is 26.2 Å². The second-order valence-corrected chi connectivity index (χ2v) is 11.5. The second-order valence-electron chi connectivity index (χ2n) is 6.83. The van der Waals surface area contributed by atoms with Crippen molar-refractivity contribution in [1.29, 1.82) is 0 Å². The molecule has 0 spiro atoms. The van der Waals surface area contributed by atoms with Crippen LogP contribution in [0.15, 0.2) is 42.0 Å². The Balaban J connectivity index is 3.02. The number of aliphatic hydroxyl groups excluding tert-OH is 2. The molecule has 130 valence electrons. The van der Waals surface area contributed by atoms with Gasteiger partial charge in [0.05, 0.1) is 20.8 Å². The largest absolute Gasteiger partial charge is 0.396 e. The number of unbranched alkanes of at least 4 members (excludes halogenated alkanes) is 1. The summed E-state index contributed by atoms with van der Waals surface area (Å²) >= 11 is 0. The van der Waals surface area contributed by atoms with E-state index in [9.17, 15) is 5.11 Å². The van der Waals surface area contributed by atoms with Gasteiger partial charge in [0.2, 0.25) is 0 Å². The van der Waals surface area contributed by atoms with Gasteiger partial charge in [0.25, 0.3) is 0 Å². The number of hydrogen-bond acceptors (Lipinski definition) is 3. The summed E-state index contributed by atoms with van der Waals surface area (Å²) in [5, 5.41) is 20.9. The quantitative estimate of drug-likeness (QED) is 0.392. The van der Waals surface area contributed by atoms with Gasteiger partial charge in [0.15, 0.2) is 0 Å². The van der Waals surface area contributed by atoms with Crippen LogP contribution in [0.4, 0.5) is 0 Å². The van der Waals surface area contributed by atoms with E-state index in [1.54, 1.807) is 7.11 Å². The molecule has 4 heteroatoms. The molecule has 1 aromatic carbocycles. The smallest absolute Gasteiger partial charge is 0.0903 e. The Morgan fingerprint density at radius 2 is 1.87 bits per heavy atom. The molecule has 0 amide bonds. The van der Waals surface area contributed by atoms with Gasteiger partial charge < -0.3 is 14.9 Å². The minimum atomic E-state index is -1.88. The highest BCUT2D eigenvalue weighted by atomic mass is 28.3. The lowest BCUT2D eigenvalue weighted by Crippen LogP contribution is -2.50. The number of hydrogen-bond donors (Lipinski definition) is 2. The van der Waals surface area contributed by atoms with E-state index >= 15 is 0 Å². The Bertz CT molecular complexity index is 471. The van der Waals surface area contributed by atoms with Gasteiger partial charge in [-0.25, -0.2) is 0 Å². The van der Waals surface area contributed by atoms with E-state index in [0.717, 1.165) is 19.3 Å². The molecule has 2 atom stereocenters. The van der Waals surface area contributed by atoms with Gasteiger partial charge >= 0.3 is 0 Å². The number of aliphatic hydroxyl groups is 2. The summed E-state index contributed by atoms with van der Waals surface area (Å²) in [6, 6.07) is 10.5. The van der Waals surface area contributed by atoms with E-state index in [1.807, 2.05) is 6.07 Å². The minimum Gasteiger partial charge on any atom is -0.396 e. The van der Waals surface area contributed by atoms with E-state index in [1.165, 1.54) is 10.8 Å². The molecule has 2 N–H and O–H groups in total. The standard InChI is InChI=1S/C19H32O3Si/c1-16(10-8-9-13-20)14-19(18(21)15-22-2)23(3,4)17-11-6-5-7-12-17/h5-7,11-12,14,18-21H,8-10,13,15H2,1-4H3/b16-14+/t18-,19+/m0/s1. The summed E-state index contributed by atoms with van der Waals surface area (Å²) in [7, 11) is -0.241. The molecular formula is C19H32O3Si. The summed E-state index contributed by atoms with van der Waals surface area (Å²) in [6.07, 6.45) is 4.54. The Morgan fingerprint density at radius 1 is 1.22 bits per heavy atom. The molecule has 0 heterocycles. The van der Waals surface area contributed by atoms with Gasteiger partial charge in [0, 0.05) is 19.3 Å². The van der Waals surface area contributed by atoms with E-state index in [4.69, 9.17) is 9.84 Å². The molecule has 0 fully saturated rings. The Morgan fingerprint density at radius 3 is 2.43 bits per heavy atom. The third kappa shape index (κ3) is 6.22. The fraction of sp³-hybridized carbons (Fsp3) is 0.579. The van der Waals surface area contributed by atoms with Gasteiger partial charge in [-0.1, -0.05) is 60.3 Å². The van der Waals surface area contributed by atoms with Crippen LogP contribution in [0.3, 0.4) is 0 Å². The maximum absolute atomic E-state index is 10.7. The number of rotatable bonds is 10. The van der Waals surface area contributed by atoms with Crippen molar-refractivity contribution in [3.05, 3.63) is 42.0 Å². The van der Waals surface area contributed by atoms with Crippen molar-refractivity contribution >= 4 is 13.3 Å². The molecular weight excluding hydrogens is 304 g/mol. The highest BCUT2D eigenvalue weighted by Gasteiger charge is 2.36. The summed E-state index contributed by atoms with van der Waals surface area (Å²) < 4.78 is 5.21. The van der Waals surface area contributed by atoms with E-state index in [0.29, 0.717) is 6.61 Å². The van der Waals surface area contributed by atoms with Gasteiger partial charge in [-0.3, -0.25) is 0 Å². The van der Waals surface area contributed by atoms with Gasteiger partial charge in [-0.2, -0.15) is 0 Å². The number of methoxy groups -OCH3 is 1. The lowest BCUT2D eigenvalue weighted by molar-refractivity contribution is 0.0656. The molecule has 0 aliphatic heterocycles. The number of benzene rings is 1. The zero-order valence-corrected chi connectivity index (χ0v) is 16.0. The average molecular weight is 337 g/mol. The van der Waals surface area contributed by atoms with Crippen molar-refractivity contribution in [2.24, 2.45) is 0 Å². The summed E-state index contributed by atoms with van der Waals surface area (Å²) in [6.45, 7) is 7.34. The maximum atomic E-state index is 10.7. The van der Waals surface area contributed by atoms with E-state index < -0.39 is 14.2 Å². The van der Waals surface area contributed by atoms with Crippen LogP contribution in [0.2, 0.25) is 18.6 Å². The zero-order valence-electron chi connectivity index (χ0n) is 15.0. The first-order chi connectivity index (χ1) is 10.9. The van der Waals surface area contributed by atoms with Crippen LogP contribution in [-0.2, 0) is 4.74 Å². The average Bonchev–Trinajstić information content (AvgIpc) is 2.53. The summed E-state index contributed by atoms with van der Waals surface area (Å²) in [5.41, 5.74) is 1.40. The summed E-state index contributed by atoms with van der Waals surface area (Å²) in [4.78, 5) is 0. The van der Waals surface area contributed by atoms with Crippen LogP contribution in [-0.4, -0.2) is 44.7 Å². The predicted molar refractivity (Wildman–Crippen MR) is 99.9 cm³/mol. The van der Waals surface area contributed by atoms with Gasteiger partial charge in [-0.15, -0.1) is 0 Å². The molecule has 0 saturated heterocycles. The van der Waals surface area contributed by atoms with Crippen molar-refractivity contribution in [3.63, 3.8) is 0 Å². The Hall–Kier alpha value is -0.943. The highest BCUT2D eigenvalue weighted by Crippen LogP contribution is 2.30. The lowest BCUT2D eigenvalue weighted by atomic mass is 10.1. The summed E-state index contributed by atoms with van der Waals surface area (Å²) in [5.74, 6) is 0. The van der Waals surface area contributed by atoms with Crippen molar-refractivity contribution in [1.82, 2.24) is 0 Å². The van der Waals surface area contributed by atoms with Crippen molar-refractivity contribution < 1.29 is 14.9 Å². The monoisotopic (exact) mass is 336 g/mol. The van der Waals surface area contributed by atoms with Crippen LogP contribution in [0.5, 0.6) is 0 Å². The molecule has 3 nitrogen and oxygen atoms in total. The topological polar surface area (TPSA) is 49.7 Å². The fourth-order valence-corrected chi connectivity index (χ4v) is 6.24. The minimum absolute atomic E-state index is 0.110. The third-order valence-corrected chi connectivity index (χ3v) is 8.59. The molecule has 1 rings (SSSR count). The van der Waals surface area contributed by atoms with Crippen LogP contribution in [0, 0.1) is 0 Å². The highest BCUT2D eigenvalue weighted by molar-refractivity contribution is 6.91. The maximum Gasteiger partial charge on any atom is 0.0903 e. The molecule has 0 aliphatic carbocycles. The van der Waals surface area contributed by atoms with Crippen LogP contribution in [0.25, 0.3) is 0 Å². The molecule has 0 radical (unpaired) electrons. The van der Waals surface area contributed by atoms with Gasteiger partial charge in [0.1, 0.15) is 0 Å². The molecule has 0 aromatic heterocycles. The third-order valence-electron chi connectivity index (χ3n) is 4.55. The molecule has 0 aliphatic rings. The first-order valence-corrected chi connectivity index (χ1v) is 11.5. The Labute approximate surface area is 142 Å². The second kappa shape index (κ2) is 10.0. The first-order valence-electron chi connectivity index (χ1n) is 8.44. The predicted octanol–water partition coefficient (Wildman–Crippen LogP) is 3.09. The molecule has 0 bridgehead atoms. The van der Waals surface area contributed by atoms with Crippen molar-refractivity contribution in [3.8, 4) is 0 Å². The van der Waals surface area contributed by atoms with E-state index in [2.05, 4.69) is 50.4 Å². The number of allylic oxidation sites excluding steroid dienone is 1. The van der Waals surface area contributed by atoms with Crippen LogP contribution < -0.4 is 5.19 Å². The van der Waals surface area contributed by atoms with E-state index in [-0.39, 0.29) is 12.1 Å². The normalized spacial score (nSPS) is 15.5.